The minimum Gasteiger partial charge on any atom is -0.417 e. The van der Waals surface area contributed by atoms with Gasteiger partial charge in [0.05, 0.1) is 11.6 Å². The zero-order valence-electron chi connectivity index (χ0n) is 22.5. The summed E-state index contributed by atoms with van der Waals surface area (Å²) >= 11 is 1.58. The highest BCUT2D eigenvalue weighted by Crippen LogP contribution is 2.35. The van der Waals surface area contributed by atoms with Crippen LogP contribution in [-0.4, -0.2) is 37.5 Å². The summed E-state index contributed by atoms with van der Waals surface area (Å²) in [5, 5.41) is 12.7. The minimum atomic E-state index is -0.913. The molecule has 40 heavy (non-hydrogen) atoms. The molecule has 1 aliphatic heterocycles. The summed E-state index contributed by atoms with van der Waals surface area (Å²) in [7, 11) is 0. The Morgan fingerprint density at radius 3 is 2.80 bits per heavy atom. The average Bonchev–Trinajstić information content (AvgIpc) is 3.72. The summed E-state index contributed by atoms with van der Waals surface area (Å²) in [6.45, 7) is 8.11. The lowest BCUT2D eigenvalue weighted by atomic mass is 9.94. The van der Waals surface area contributed by atoms with Crippen molar-refractivity contribution in [1.29, 1.82) is 0 Å². The second-order valence-corrected chi connectivity index (χ2v) is 10.9. The zero-order chi connectivity index (χ0) is 28.3. The Labute approximate surface area is 237 Å². The fourth-order valence-corrected chi connectivity index (χ4v) is 5.66. The number of allylic oxidation sites excluding steroid dienone is 2. The largest absolute Gasteiger partial charge is 0.417 e. The van der Waals surface area contributed by atoms with E-state index in [1.54, 1.807) is 41.8 Å². The molecule has 4 heterocycles. The Kier molecular flexibility index (Phi) is 7.88. The summed E-state index contributed by atoms with van der Waals surface area (Å²) in [6, 6.07) is 13.1. The number of thiazole rings is 1. The SMILES string of the molecule is C=C/C=C\N(N)c1cc(C(=O)N2CCC[C@@H]2c2nc(C)cs2)cc(-c2nnc([C@](C)(N)Cc3ccccc3)o2)n1. The standard InChI is InChI=1S/C29H32N8O2S/c1-4-5-14-37(31)24-16-21(27(38)36-13-9-12-23(36)26-32-19(2)18-40-26)15-22(33-24)25-34-35-28(39-25)29(3,30)17-20-10-7-6-8-11-20/h4-8,10-11,14-16,18,23H,1,9,12-13,17,30-31H2,2-3H3/b14-5-/t23-,29-/m1/s1. The first-order valence-electron chi connectivity index (χ1n) is 13.0. The van der Waals surface area contributed by atoms with Crippen molar-refractivity contribution in [2.45, 2.75) is 44.7 Å². The van der Waals surface area contributed by atoms with E-state index in [9.17, 15) is 4.79 Å². The highest BCUT2D eigenvalue weighted by molar-refractivity contribution is 7.09. The molecule has 1 fully saturated rings. The van der Waals surface area contributed by atoms with Crippen molar-refractivity contribution in [3.8, 4) is 11.6 Å². The lowest BCUT2D eigenvalue weighted by molar-refractivity contribution is 0.0735. The lowest BCUT2D eigenvalue weighted by Gasteiger charge is -2.24. The van der Waals surface area contributed by atoms with Gasteiger partial charge < -0.3 is 15.1 Å². The Morgan fingerprint density at radius 2 is 2.08 bits per heavy atom. The van der Waals surface area contributed by atoms with Crippen molar-refractivity contribution in [3.63, 3.8) is 0 Å². The molecule has 4 aromatic rings. The molecular formula is C29H32N8O2S. The van der Waals surface area contributed by atoms with Crippen molar-refractivity contribution in [3.05, 3.63) is 100 Å². The number of aryl methyl sites for hydroxylation is 1. The van der Waals surface area contributed by atoms with E-state index in [-0.39, 0.29) is 23.7 Å². The molecule has 11 heteroatoms. The van der Waals surface area contributed by atoms with Gasteiger partial charge in [0.1, 0.15) is 16.5 Å². The van der Waals surface area contributed by atoms with Crippen molar-refractivity contribution in [2.75, 3.05) is 11.6 Å². The third-order valence-corrected chi connectivity index (χ3v) is 7.75. The minimum absolute atomic E-state index is 0.0770. The third kappa shape index (κ3) is 5.86. The van der Waals surface area contributed by atoms with E-state index in [1.807, 2.05) is 54.5 Å². The van der Waals surface area contributed by atoms with E-state index in [0.29, 0.717) is 30.0 Å². The molecule has 0 radical (unpaired) electrons. The number of hydrazine groups is 1. The molecule has 2 atom stereocenters. The molecule has 4 N–H and O–H groups in total. The number of nitrogens with zero attached hydrogens (tertiary/aromatic N) is 6. The Bertz CT molecular complexity index is 1530. The van der Waals surface area contributed by atoms with Gasteiger partial charge in [0, 0.05) is 29.4 Å². The van der Waals surface area contributed by atoms with Gasteiger partial charge in [-0.3, -0.25) is 9.80 Å². The molecule has 1 aromatic carbocycles. The second-order valence-electron chi connectivity index (χ2n) is 10.1. The molecule has 5 rings (SSSR count). The van der Waals surface area contributed by atoms with Crippen LogP contribution in [-0.2, 0) is 12.0 Å². The smallest absolute Gasteiger partial charge is 0.266 e. The van der Waals surface area contributed by atoms with Gasteiger partial charge in [-0.05, 0) is 56.9 Å². The summed E-state index contributed by atoms with van der Waals surface area (Å²) in [6.07, 6.45) is 7.13. The van der Waals surface area contributed by atoms with Gasteiger partial charge in [-0.1, -0.05) is 43.0 Å². The molecule has 0 aliphatic carbocycles. The van der Waals surface area contributed by atoms with Crippen LogP contribution in [0.25, 0.3) is 11.6 Å². The van der Waals surface area contributed by atoms with Crippen LogP contribution in [0.3, 0.4) is 0 Å². The maximum absolute atomic E-state index is 13.9. The van der Waals surface area contributed by atoms with Gasteiger partial charge in [0.2, 0.25) is 5.89 Å². The number of hydrogen-bond donors (Lipinski definition) is 2. The number of aromatic nitrogens is 4. The van der Waals surface area contributed by atoms with Crippen LogP contribution >= 0.6 is 11.3 Å². The molecule has 0 saturated carbocycles. The molecule has 10 nitrogen and oxygen atoms in total. The van der Waals surface area contributed by atoms with Crippen LogP contribution in [0.15, 0.2) is 77.2 Å². The lowest BCUT2D eigenvalue weighted by Crippen LogP contribution is -2.35. The van der Waals surface area contributed by atoms with E-state index >= 15 is 0 Å². The number of benzene rings is 1. The highest BCUT2D eigenvalue weighted by Gasteiger charge is 2.34. The first kappa shape index (κ1) is 27.4. The third-order valence-electron chi connectivity index (χ3n) is 6.69. The monoisotopic (exact) mass is 556 g/mol. The second kappa shape index (κ2) is 11.5. The van der Waals surface area contributed by atoms with Crippen LogP contribution in [0.4, 0.5) is 5.82 Å². The Morgan fingerprint density at radius 1 is 1.27 bits per heavy atom. The van der Waals surface area contributed by atoms with E-state index in [4.69, 9.17) is 16.0 Å². The number of likely N-dealkylation sites (tertiary alicyclic amines) is 1. The highest BCUT2D eigenvalue weighted by atomic mass is 32.1. The van der Waals surface area contributed by atoms with Gasteiger partial charge in [-0.15, -0.1) is 21.5 Å². The first-order chi connectivity index (χ1) is 19.2. The molecule has 1 aliphatic rings. The Balaban J connectivity index is 1.49. The molecule has 0 unspecified atom stereocenters. The molecule has 0 spiro atoms. The summed E-state index contributed by atoms with van der Waals surface area (Å²) in [5.74, 6) is 6.85. The van der Waals surface area contributed by atoms with Crippen LogP contribution in [0.1, 0.15) is 58.3 Å². The average molecular weight is 557 g/mol. The quantitative estimate of drug-likeness (QED) is 0.171. The van der Waals surface area contributed by atoms with Gasteiger partial charge >= 0.3 is 0 Å². The van der Waals surface area contributed by atoms with Gasteiger partial charge in [-0.25, -0.2) is 15.8 Å². The van der Waals surface area contributed by atoms with Crippen molar-refractivity contribution < 1.29 is 9.21 Å². The number of carbonyl (C=O) groups excluding carboxylic acids is 1. The van der Waals surface area contributed by atoms with Gasteiger partial charge in [0.15, 0.2) is 0 Å². The van der Waals surface area contributed by atoms with Crippen molar-refractivity contribution >= 4 is 23.1 Å². The molecule has 0 bridgehead atoms. The number of amides is 1. The summed E-state index contributed by atoms with van der Waals surface area (Å²) in [4.78, 5) is 25.0. The number of hydrogen-bond acceptors (Lipinski definition) is 10. The normalized spacial score (nSPS) is 16.8. The van der Waals surface area contributed by atoms with Crippen LogP contribution < -0.4 is 16.6 Å². The van der Waals surface area contributed by atoms with Crippen LogP contribution in [0, 0.1) is 6.92 Å². The van der Waals surface area contributed by atoms with Gasteiger partial charge in [-0.2, -0.15) is 0 Å². The number of pyridine rings is 1. The zero-order valence-corrected chi connectivity index (χ0v) is 23.3. The Hall–Kier alpha value is -4.19. The van der Waals surface area contributed by atoms with Crippen molar-refractivity contribution in [1.82, 2.24) is 25.1 Å². The topological polar surface area (TPSA) is 140 Å². The van der Waals surface area contributed by atoms with Gasteiger partial charge in [0.25, 0.3) is 11.8 Å². The number of carbonyl (C=O) groups is 1. The fourth-order valence-electron chi connectivity index (χ4n) is 4.72. The first-order valence-corrected chi connectivity index (χ1v) is 13.9. The number of rotatable bonds is 9. The number of nitrogens with two attached hydrogens (primary N) is 2. The van der Waals surface area contributed by atoms with Crippen LogP contribution in [0.5, 0.6) is 0 Å². The van der Waals surface area contributed by atoms with E-state index < -0.39 is 5.54 Å². The molecule has 1 amide bonds. The predicted molar refractivity (Wildman–Crippen MR) is 155 cm³/mol. The molecule has 206 valence electrons. The maximum atomic E-state index is 13.9. The number of anilines is 1. The summed E-state index contributed by atoms with van der Waals surface area (Å²) in [5.41, 5.74) is 8.40. The molecule has 1 saturated heterocycles. The molecule has 3 aromatic heterocycles. The predicted octanol–water partition coefficient (Wildman–Crippen LogP) is 4.67. The summed E-state index contributed by atoms with van der Waals surface area (Å²) < 4.78 is 6.04. The maximum Gasteiger partial charge on any atom is 0.266 e. The van der Waals surface area contributed by atoms with Crippen LogP contribution in [0.2, 0.25) is 0 Å². The molecular weight excluding hydrogens is 524 g/mol. The van der Waals surface area contributed by atoms with E-state index in [2.05, 4.69) is 26.7 Å². The fraction of sp³-hybridized carbons (Fsp3) is 0.276. The van der Waals surface area contributed by atoms with E-state index in [0.717, 1.165) is 29.1 Å². The van der Waals surface area contributed by atoms with Crippen molar-refractivity contribution in [2.24, 2.45) is 11.6 Å². The van der Waals surface area contributed by atoms with E-state index in [1.165, 1.54) is 5.01 Å².